The predicted molar refractivity (Wildman–Crippen MR) is 284 cm³/mol. The molecule has 8 atom stereocenters. The number of anilines is 1. The Morgan fingerprint density at radius 2 is 1.10 bits per heavy atom. The van der Waals surface area contributed by atoms with E-state index < -0.39 is 83.7 Å². The van der Waals surface area contributed by atoms with Gasteiger partial charge in [-0.15, -0.1) is 0 Å². The van der Waals surface area contributed by atoms with Gasteiger partial charge in [-0.05, 0) is 30.7 Å². The van der Waals surface area contributed by atoms with Crippen molar-refractivity contribution in [3.63, 3.8) is 0 Å². The third kappa shape index (κ3) is 33.5. The van der Waals surface area contributed by atoms with E-state index in [1.807, 2.05) is 0 Å². The number of ether oxygens (including phenoxy) is 3. The first-order chi connectivity index (χ1) is 34.9. The maximum Gasteiger partial charge on any atom is 0.481 e. The normalized spacial score (nSPS) is 19.4. The second kappa shape index (κ2) is 40.0. The van der Waals surface area contributed by atoms with E-state index >= 15 is 0 Å². The molecule has 0 radical (unpaired) electrons. The number of aliphatic hydroxyl groups is 2. The molecule has 18 nitrogen and oxygen atoms in total. The van der Waals surface area contributed by atoms with Crippen LogP contribution in [0.3, 0.4) is 0 Å². The molecule has 0 aromatic carbocycles. The largest absolute Gasteiger partial charge is 0.481 e. The summed E-state index contributed by atoms with van der Waals surface area (Å²) < 4.78 is 57.0. The van der Waals surface area contributed by atoms with Gasteiger partial charge in [0, 0.05) is 19.0 Å². The standard InChI is InChI=1S/C53H99N3O15P2/c1-5-44(4)35-31-27-23-19-14-12-10-8-6-7-9-11-13-15-21-25-29-33-37-49(58)69-45(40-66-48(57)36-32-28-24-20-17-16-18-22-26-30-34-43(2)3)41-67-72(62,63)71-73(64,65)68-42-46-50(59)51(60)52(70-46)56-39-38-47(54)55-53(56)61/h38-39,43-46,50-52,59-60H,5-37,40-42H2,1-4H3,(H,62,63)(H,64,65)(H2,54,55,61)/t44?,45-,46-,50+,51?,52-/m1/s1. The van der Waals surface area contributed by atoms with E-state index in [4.69, 9.17) is 29.0 Å². The van der Waals surface area contributed by atoms with Crippen LogP contribution in [0.2, 0.25) is 0 Å². The predicted octanol–water partition coefficient (Wildman–Crippen LogP) is 12.3. The van der Waals surface area contributed by atoms with Crippen molar-refractivity contribution in [1.82, 2.24) is 9.55 Å². The van der Waals surface area contributed by atoms with Gasteiger partial charge in [0.1, 0.15) is 30.7 Å². The number of nitrogens with zero attached hydrogens (tertiary/aromatic N) is 2. The van der Waals surface area contributed by atoms with Crippen LogP contribution in [0.25, 0.3) is 0 Å². The number of rotatable bonds is 47. The summed E-state index contributed by atoms with van der Waals surface area (Å²) in [5, 5.41) is 20.9. The summed E-state index contributed by atoms with van der Waals surface area (Å²) in [6.45, 7) is 6.87. The smallest absolute Gasteiger partial charge is 0.462 e. The minimum atomic E-state index is -5.42. The number of aliphatic hydroxyl groups excluding tert-OH is 2. The second-order valence-electron chi connectivity index (χ2n) is 20.9. The maximum absolute atomic E-state index is 12.9. The highest BCUT2D eigenvalue weighted by Gasteiger charge is 2.46. The minimum Gasteiger partial charge on any atom is -0.462 e. The molecule has 2 rings (SSSR count). The minimum absolute atomic E-state index is 0.0576. The number of nitrogen functional groups attached to an aromatic ring is 1. The number of phosphoric acid groups is 2. The number of phosphoric ester groups is 2. The van der Waals surface area contributed by atoms with Gasteiger partial charge in [-0.25, -0.2) is 13.9 Å². The maximum atomic E-state index is 12.9. The lowest BCUT2D eigenvalue weighted by Gasteiger charge is -2.21. The van der Waals surface area contributed by atoms with Crippen molar-refractivity contribution in [2.75, 3.05) is 25.6 Å². The molecule has 1 aliphatic heterocycles. The highest BCUT2D eigenvalue weighted by atomic mass is 31.3. The molecule has 1 aromatic rings. The number of hydrogen-bond donors (Lipinski definition) is 5. The Labute approximate surface area is 438 Å². The Bertz CT molecular complexity index is 1760. The van der Waals surface area contributed by atoms with Crippen molar-refractivity contribution in [3.8, 4) is 0 Å². The second-order valence-corrected chi connectivity index (χ2v) is 23.9. The van der Waals surface area contributed by atoms with Crippen molar-refractivity contribution in [1.29, 1.82) is 0 Å². The summed E-state index contributed by atoms with van der Waals surface area (Å²) in [6, 6.07) is 1.25. The van der Waals surface area contributed by atoms with E-state index in [9.17, 15) is 43.5 Å². The van der Waals surface area contributed by atoms with Crippen LogP contribution in [-0.2, 0) is 46.3 Å². The van der Waals surface area contributed by atoms with Gasteiger partial charge < -0.3 is 39.9 Å². The molecule has 0 aliphatic carbocycles. The number of hydrogen-bond acceptors (Lipinski definition) is 15. The summed E-state index contributed by atoms with van der Waals surface area (Å²) >= 11 is 0. The molecule has 426 valence electrons. The van der Waals surface area contributed by atoms with Gasteiger partial charge in [0.25, 0.3) is 0 Å². The molecule has 0 amide bonds. The Balaban J connectivity index is 1.73. The number of unbranched alkanes of at least 4 members (excludes halogenated alkanes) is 26. The van der Waals surface area contributed by atoms with Crippen LogP contribution in [0.4, 0.5) is 5.82 Å². The van der Waals surface area contributed by atoms with E-state index in [0.717, 1.165) is 67.8 Å². The van der Waals surface area contributed by atoms with Crippen LogP contribution in [0.5, 0.6) is 0 Å². The van der Waals surface area contributed by atoms with Crippen molar-refractivity contribution in [3.05, 3.63) is 22.7 Å². The Morgan fingerprint density at radius 3 is 1.56 bits per heavy atom. The van der Waals surface area contributed by atoms with E-state index in [-0.39, 0.29) is 18.7 Å². The Kier molecular flexibility index (Phi) is 36.7. The average molecular weight is 1080 g/mol. The molecule has 1 aromatic heterocycles. The first-order valence-electron chi connectivity index (χ1n) is 28.3. The third-order valence-corrected chi connectivity index (χ3v) is 16.3. The van der Waals surface area contributed by atoms with Crippen molar-refractivity contribution in [2.24, 2.45) is 11.8 Å². The molecule has 1 fully saturated rings. The Morgan fingerprint density at radius 1 is 0.658 bits per heavy atom. The lowest BCUT2D eigenvalue weighted by molar-refractivity contribution is -0.161. The highest BCUT2D eigenvalue weighted by molar-refractivity contribution is 7.61. The number of aromatic nitrogens is 2. The fraction of sp³-hybridized carbons (Fsp3) is 0.887. The number of nitrogens with two attached hydrogens (primary N) is 1. The van der Waals surface area contributed by atoms with Crippen LogP contribution in [0.15, 0.2) is 17.1 Å². The van der Waals surface area contributed by atoms with Gasteiger partial charge >= 0.3 is 33.3 Å². The van der Waals surface area contributed by atoms with Crippen molar-refractivity contribution >= 4 is 33.4 Å². The van der Waals surface area contributed by atoms with Crippen LogP contribution in [-0.4, -0.2) is 85.7 Å². The van der Waals surface area contributed by atoms with Gasteiger partial charge in [-0.3, -0.25) is 23.2 Å². The summed E-state index contributed by atoms with van der Waals surface area (Å²) in [5.74, 6) is 0.352. The zero-order chi connectivity index (χ0) is 53.7. The zero-order valence-corrected chi connectivity index (χ0v) is 47.1. The van der Waals surface area contributed by atoms with Crippen molar-refractivity contribution < 1.29 is 66.3 Å². The molecule has 6 N–H and O–H groups in total. The van der Waals surface area contributed by atoms with Gasteiger partial charge in [0.15, 0.2) is 12.3 Å². The lowest BCUT2D eigenvalue weighted by atomic mass is 9.99. The van der Waals surface area contributed by atoms with Crippen LogP contribution < -0.4 is 11.4 Å². The summed E-state index contributed by atoms with van der Waals surface area (Å²) in [7, 11) is -10.8. The molecule has 4 unspecified atom stereocenters. The van der Waals surface area contributed by atoms with Crippen LogP contribution >= 0.6 is 15.6 Å². The van der Waals surface area contributed by atoms with Gasteiger partial charge in [-0.2, -0.15) is 9.29 Å². The van der Waals surface area contributed by atoms with Crippen LogP contribution in [0, 0.1) is 11.8 Å². The van der Waals surface area contributed by atoms with Gasteiger partial charge in [-0.1, -0.05) is 214 Å². The molecule has 0 saturated carbocycles. The van der Waals surface area contributed by atoms with Crippen molar-refractivity contribution in [2.45, 2.75) is 270 Å². The molecule has 1 saturated heterocycles. The first kappa shape index (κ1) is 66.9. The molecular weight excluding hydrogens is 981 g/mol. The number of carbonyl (C=O) groups excluding carboxylic acids is 2. The van der Waals surface area contributed by atoms with Gasteiger partial charge in [0.05, 0.1) is 13.2 Å². The lowest BCUT2D eigenvalue weighted by Crippen LogP contribution is -2.36. The topological polar surface area (TPSA) is 265 Å². The third-order valence-electron chi connectivity index (χ3n) is 13.7. The summed E-state index contributed by atoms with van der Waals surface area (Å²) in [5.41, 5.74) is 4.60. The monoisotopic (exact) mass is 1080 g/mol. The quantitative estimate of drug-likeness (QED) is 0.0231. The molecule has 20 heteroatoms. The molecule has 0 spiro atoms. The number of carbonyl (C=O) groups is 2. The van der Waals surface area contributed by atoms with E-state index in [2.05, 4.69) is 37.0 Å². The van der Waals surface area contributed by atoms with E-state index in [1.165, 1.54) is 147 Å². The first-order valence-corrected chi connectivity index (χ1v) is 31.3. The van der Waals surface area contributed by atoms with Crippen LogP contribution in [0.1, 0.15) is 246 Å². The zero-order valence-electron chi connectivity index (χ0n) is 45.3. The number of esters is 2. The van der Waals surface area contributed by atoms with E-state index in [1.54, 1.807) is 0 Å². The molecule has 0 bridgehead atoms. The molecule has 73 heavy (non-hydrogen) atoms. The highest BCUT2D eigenvalue weighted by Crippen LogP contribution is 2.60. The fourth-order valence-corrected chi connectivity index (χ4v) is 11.0. The average Bonchev–Trinajstić information content (AvgIpc) is 3.62. The molecule has 1 aliphatic rings. The fourth-order valence-electron chi connectivity index (χ4n) is 8.89. The van der Waals surface area contributed by atoms with E-state index in [0.29, 0.717) is 12.8 Å². The summed E-state index contributed by atoms with van der Waals surface area (Å²) in [6.07, 6.45) is 30.4. The summed E-state index contributed by atoms with van der Waals surface area (Å²) in [4.78, 5) is 62.1. The molecule has 2 heterocycles. The molecular formula is C53H99N3O15P2. The SMILES string of the molecule is CCC(C)CCCCCCCCCCCCCCCCCCCCC(=O)O[C@H](COC(=O)CCCCCCCCCCCCC(C)C)COP(=O)(O)OP(=O)(O)OC[C@H]1O[C@@H](n2ccc(N)nc2=O)C(O)[C@H]1O. The Hall–Kier alpha value is -2.24. The van der Waals surface area contributed by atoms with Gasteiger partial charge in [0.2, 0.25) is 0 Å².